The fraction of sp³-hybridized carbons (Fsp3) is 0.467. The molecule has 0 atom stereocenters. The minimum Gasteiger partial charge on any atom is -0.368 e. The molecule has 1 amide bonds. The van der Waals surface area contributed by atoms with E-state index in [0.717, 1.165) is 37.4 Å². The summed E-state index contributed by atoms with van der Waals surface area (Å²) in [6.45, 7) is 5.11. The predicted octanol–water partition coefficient (Wildman–Crippen LogP) is 0.757. The van der Waals surface area contributed by atoms with Gasteiger partial charge in [-0.3, -0.25) is 9.59 Å². The average Bonchev–Trinajstić information content (AvgIpc) is 2.48. The zero-order chi connectivity index (χ0) is 14.5. The monoisotopic (exact) mass is 275 g/mol. The SMILES string of the molecule is CNCC(=O)N1CCN(c2ccc(C(C)=O)cc2)CC1. The Balaban J connectivity index is 1.93. The van der Waals surface area contributed by atoms with Gasteiger partial charge in [-0.25, -0.2) is 0 Å². The Bertz CT molecular complexity index is 476. The standard InChI is InChI=1S/C15H21N3O2/c1-12(19)13-3-5-14(6-4-13)17-7-9-18(10-8-17)15(20)11-16-2/h3-6,16H,7-11H2,1-2H3. The summed E-state index contributed by atoms with van der Waals surface area (Å²) in [6.07, 6.45) is 0. The zero-order valence-corrected chi connectivity index (χ0v) is 12.1. The number of piperazine rings is 1. The van der Waals surface area contributed by atoms with E-state index in [-0.39, 0.29) is 11.7 Å². The zero-order valence-electron chi connectivity index (χ0n) is 12.1. The van der Waals surface area contributed by atoms with Gasteiger partial charge in [0.15, 0.2) is 5.78 Å². The highest BCUT2D eigenvalue weighted by atomic mass is 16.2. The molecule has 0 spiro atoms. The lowest BCUT2D eigenvalue weighted by Crippen LogP contribution is -2.50. The van der Waals surface area contributed by atoms with E-state index in [4.69, 9.17) is 0 Å². The number of benzene rings is 1. The molecule has 0 aliphatic carbocycles. The number of nitrogens with one attached hydrogen (secondary N) is 1. The van der Waals surface area contributed by atoms with Crippen molar-refractivity contribution in [1.29, 1.82) is 0 Å². The first-order valence-corrected chi connectivity index (χ1v) is 6.90. The average molecular weight is 275 g/mol. The van der Waals surface area contributed by atoms with E-state index >= 15 is 0 Å². The highest BCUT2D eigenvalue weighted by Crippen LogP contribution is 2.17. The van der Waals surface area contributed by atoms with E-state index in [1.54, 1.807) is 14.0 Å². The van der Waals surface area contributed by atoms with E-state index in [1.807, 2.05) is 29.2 Å². The summed E-state index contributed by atoms with van der Waals surface area (Å²) in [7, 11) is 1.78. The van der Waals surface area contributed by atoms with Crippen LogP contribution in [0.3, 0.4) is 0 Å². The van der Waals surface area contributed by atoms with Crippen LogP contribution in [0.1, 0.15) is 17.3 Å². The number of ketones is 1. The summed E-state index contributed by atoms with van der Waals surface area (Å²) in [5.74, 6) is 0.234. The lowest BCUT2D eigenvalue weighted by atomic mass is 10.1. The van der Waals surface area contributed by atoms with Crippen molar-refractivity contribution in [3.05, 3.63) is 29.8 Å². The Hall–Kier alpha value is -1.88. The molecule has 1 aliphatic rings. The summed E-state index contributed by atoms with van der Waals surface area (Å²) in [4.78, 5) is 27.1. The number of Topliss-reactive ketones (excluding diaryl/α,β-unsaturated/α-hetero) is 1. The molecule has 20 heavy (non-hydrogen) atoms. The molecule has 0 bridgehead atoms. The van der Waals surface area contributed by atoms with E-state index < -0.39 is 0 Å². The van der Waals surface area contributed by atoms with E-state index in [0.29, 0.717) is 6.54 Å². The number of amides is 1. The Morgan fingerprint density at radius 1 is 1.10 bits per heavy atom. The summed E-state index contributed by atoms with van der Waals surface area (Å²) in [6, 6.07) is 7.66. The lowest BCUT2D eigenvalue weighted by Gasteiger charge is -2.36. The summed E-state index contributed by atoms with van der Waals surface area (Å²) < 4.78 is 0. The van der Waals surface area contributed by atoms with Crippen molar-refractivity contribution >= 4 is 17.4 Å². The fourth-order valence-electron chi connectivity index (χ4n) is 2.38. The molecule has 5 heteroatoms. The van der Waals surface area contributed by atoms with Gasteiger partial charge in [-0.1, -0.05) is 0 Å². The minimum atomic E-state index is 0.0824. The summed E-state index contributed by atoms with van der Waals surface area (Å²) in [5, 5.41) is 2.89. The van der Waals surface area contributed by atoms with Gasteiger partial charge in [-0.2, -0.15) is 0 Å². The molecular weight excluding hydrogens is 254 g/mol. The van der Waals surface area contributed by atoms with Crippen LogP contribution >= 0.6 is 0 Å². The maximum Gasteiger partial charge on any atom is 0.236 e. The fourth-order valence-corrected chi connectivity index (χ4v) is 2.38. The first-order chi connectivity index (χ1) is 9.61. The molecular formula is C15H21N3O2. The molecule has 0 radical (unpaired) electrons. The number of nitrogens with zero attached hydrogens (tertiary/aromatic N) is 2. The van der Waals surface area contributed by atoms with Crippen molar-refractivity contribution in [2.24, 2.45) is 0 Å². The molecule has 0 unspecified atom stereocenters. The highest BCUT2D eigenvalue weighted by Gasteiger charge is 2.20. The topological polar surface area (TPSA) is 52.7 Å². The second-order valence-electron chi connectivity index (χ2n) is 5.00. The van der Waals surface area contributed by atoms with Crippen LogP contribution in [-0.2, 0) is 4.79 Å². The Morgan fingerprint density at radius 3 is 2.20 bits per heavy atom. The van der Waals surface area contributed by atoms with Crippen LogP contribution in [0, 0.1) is 0 Å². The number of anilines is 1. The van der Waals surface area contributed by atoms with Crippen LogP contribution in [0.15, 0.2) is 24.3 Å². The van der Waals surface area contributed by atoms with Gasteiger partial charge >= 0.3 is 0 Å². The maximum atomic E-state index is 11.8. The molecule has 0 aromatic heterocycles. The second kappa shape index (κ2) is 6.52. The molecule has 108 valence electrons. The molecule has 2 rings (SSSR count). The summed E-state index contributed by atoms with van der Waals surface area (Å²) in [5.41, 5.74) is 1.84. The van der Waals surface area contributed by atoms with E-state index in [9.17, 15) is 9.59 Å². The number of likely N-dealkylation sites (N-methyl/N-ethyl adjacent to an activating group) is 1. The summed E-state index contributed by atoms with van der Waals surface area (Å²) >= 11 is 0. The molecule has 0 saturated carbocycles. The van der Waals surface area contributed by atoms with Crippen LogP contribution < -0.4 is 10.2 Å². The molecule has 1 aliphatic heterocycles. The molecule has 1 aromatic rings. The normalized spacial score (nSPS) is 15.3. The third-order valence-corrected chi connectivity index (χ3v) is 3.60. The van der Waals surface area contributed by atoms with Gasteiger partial charge in [0.2, 0.25) is 5.91 Å². The van der Waals surface area contributed by atoms with Crippen molar-refractivity contribution in [2.75, 3.05) is 44.7 Å². The van der Waals surface area contributed by atoms with Crippen LogP contribution in [0.2, 0.25) is 0 Å². The smallest absolute Gasteiger partial charge is 0.236 e. The van der Waals surface area contributed by atoms with Crippen molar-refractivity contribution in [3.63, 3.8) is 0 Å². The van der Waals surface area contributed by atoms with Crippen molar-refractivity contribution in [3.8, 4) is 0 Å². The van der Waals surface area contributed by atoms with E-state index in [1.165, 1.54) is 0 Å². The largest absolute Gasteiger partial charge is 0.368 e. The third-order valence-electron chi connectivity index (χ3n) is 3.60. The molecule has 1 N–H and O–H groups in total. The van der Waals surface area contributed by atoms with Crippen molar-refractivity contribution < 1.29 is 9.59 Å². The Morgan fingerprint density at radius 2 is 1.70 bits per heavy atom. The number of hydrogen-bond donors (Lipinski definition) is 1. The first kappa shape index (κ1) is 14.5. The number of carbonyl (C=O) groups is 2. The van der Waals surface area contributed by atoms with Crippen molar-refractivity contribution in [2.45, 2.75) is 6.92 Å². The number of hydrogen-bond acceptors (Lipinski definition) is 4. The van der Waals surface area contributed by atoms with Crippen LogP contribution in [0.25, 0.3) is 0 Å². The second-order valence-corrected chi connectivity index (χ2v) is 5.00. The number of rotatable bonds is 4. The first-order valence-electron chi connectivity index (χ1n) is 6.90. The molecule has 1 fully saturated rings. The van der Waals surface area contributed by atoms with E-state index in [2.05, 4.69) is 10.2 Å². The van der Waals surface area contributed by atoms with Gasteiger partial charge in [0.1, 0.15) is 0 Å². The van der Waals surface area contributed by atoms with Crippen molar-refractivity contribution in [1.82, 2.24) is 10.2 Å². The molecule has 1 aromatic carbocycles. The Kier molecular flexibility index (Phi) is 4.74. The van der Waals surface area contributed by atoms with Crippen LogP contribution in [-0.4, -0.2) is 56.4 Å². The van der Waals surface area contributed by atoms with Crippen LogP contribution in [0.4, 0.5) is 5.69 Å². The molecule has 1 saturated heterocycles. The minimum absolute atomic E-state index is 0.0824. The Labute approximate surface area is 119 Å². The van der Waals surface area contributed by atoms with Gasteiger partial charge in [0.05, 0.1) is 6.54 Å². The quantitative estimate of drug-likeness (QED) is 0.824. The van der Waals surface area contributed by atoms with Gasteiger partial charge in [-0.15, -0.1) is 0 Å². The molecule has 5 nitrogen and oxygen atoms in total. The number of carbonyl (C=O) groups excluding carboxylic acids is 2. The van der Waals surface area contributed by atoms with Gasteiger partial charge < -0.3 is 15.1 Å². The maximum absolute atomic E-state index is 11.8. The highest BCUT2D eigenvalue weighted by molar-refractivity contribution is 5.94. The lowest BCUT2D eigenvalue weighted by molar-refractivity contribution is -0.130. The predicted molar refractivity (Wildman–Crippen MR) is 79.2 cm³/mol. The van der Waals surface area contributed by atoms with Gasteiger partial charge in [0, 0.05) is 37.4 Å². The van der Waals surface area contributed by atoms with Gasteiger partial charge in [-0.05, 0) is 38.2 Å². The molecule has 1 heterocycles. The van der Waals surface area contributed by atoms with Crippen LogP contribution in [0.5, 0.6) is 0 Å². The third kappa shape index (κ3) is 3.36. The van der Waals surface area contributed by atoms with Gasteiger partial charge in [0.25, 0.3) is 0 Å².